The molecule has 1 unspecified atom stereocenters. The van der Waals surface area contributed by atoms with Gasteiger partial charge in [0.15, 0.2) is 0 Å². The summed E-state index contributed by atoms with van der Waals surface area (Å²) in [6.45, 7) is -0.430. The third-order valence-electron chi connectivity index (χ3n) is 2.69. The molecule has 1 atom stereocenters. The van der Waals surface area contributed by atoms with Gasteiger partial charge in [0.25, 0.3) is 0 Å². The molecule has 24 heavy (non-hydrogen) atoms. The molecule has 0 saturated heterocycles. The molecule has 0 aliphatic carbocycles. The van der Waals surface area contributed by atoms with Crippen molar-refractivity contribution in [1.29, 1.82) is 0 Å². The van der Waals surface area contributed by atoms with Crippen LogP contribution in [0.3, 0.4) is 0 Å². The van der Waals surface area contributed by atoms with Gasteiger partial charge < -0.3 is 4.52 Å². The van der Waals surface area contributed by atoms with E-state index < -0.39 is 49.3 Å². The van der Waals surface area contributed by atoms with E-state index in [2.05, 4.69) is 8.60 Å². The molecule has 0 radical (unpaired) electrons. The Morgan fingerprint density at radius 3 is 1.88 bits per heavy atom. The molecule has 2 aromatic carbocycles. The average Bonchev–Trinajstić information content (AvgIpc) is 2.61. The van der Waals surface area contributed by atoms with Gasteiger partial charge in [-0.15, -0.1) is 0 Å². The highest BCUT2D eigenvalue weighted by molar-refractivity contribution is 7.49. The monoisotopic (exact) mass is 388 g/mol. The fourth-order valence-corrected chi connectivity index (χ4v) is 2.58. The molecule has 0 aliphatic heterocycles. The van der Waals surface area contributed by atoms with Crippen LogP contribution in [-0.4, -0.2) is 0 Å². The SMILES string of the molecule is O=P(OCl)(OCc1ccccc1)Oc1c(F)c(F)c(F)c(F)c1F. The van der Waals surface area contributed by atoms with Crippen LogP contribution < -0.4 is 4.52 Å². The fourth-order valence-electron chi connectivity index (χ4n) is 1.56. The number of rotatable bonds is 6. The maximum Gasteiger partial charge on any atom is 0.547 e. The fraction of sp³-hybridized carbons (Fsp3) is 0.0769. The Morgan fingerprint density at radius 1 is 0.875 bits per heavy atom. The Morgan fingerprint density at radius 2 is 1.38 bits per heavy atom. The summed E-state index contributed by atoms with van der Waals surface area (Å²) in [6.07, 6.45) is 0. The summed E-state index contributed by atoms with van der Waals surface area (Å²) in [5.41, 5.74) is 0.451. The van der Waals surface area contributed by atoms with Gasteiger partial charge in [0.1, 0.15) is 0 Å². The molecule has 0 bridgehead atoms. The van der Waals surface area contributed by atoms with Crippen LogP contribution in [0.5, 0.6) is 5.75 Å². The van der Waals surface area contributed by atoms with Gasteiger partial charge in [-0.3, -0.25) is 4.52 Å². The van der Waals surface area contributed by atoms with Gasteiger partial charge in [0.05, 0.1) is 18.5 Å². The lowest BCUT2D eigenvalue weighted by Gasteiger charge is -2.16. The number of hydrogen-bond donors (Lipinski definition) is 0. The van der Waals surface area contributed by atoms with Crippen molar-refractivity contribution in [1.82, 2.24) is 0 Å². The van der Waals surface area contributed by atoms with Gasteiger partial charge in [-0.25, -0.2) is 17.7 Å². The van der Waals surface area contributed by atoms with Crippen molar-refractivity contribution >= 4 is 19.7 Å². The van der Waals surface area contributed by atoms with Crippen LogP contribution in [0.15, 0.2) is 30.3 Å². The Labute approximate surface area is 137 Å². The normalized spacial score (nSPS) is 13.6. The van der Waals surface area contributed by atoms with Crippen molar-refractivity contribution in [3.63, 3.8) is 0 Å². The largest absolute Gasteiger partial charge is 0.547 e. The Balaban J connectivity index is 2.28. The maximum atomic E-state index is 13.5. The Hall–Kier alpha value is -1.67. The van der Waals surface area contributed by atoms with Gasteiger partial charge in [-0.05, 0) is 5.56 Å². The van der Waals surface area contributed by atoms with Crippen molar-refractivity contribution in [2.75, 3.05) is 0 Å². The summed E-state index contributed by atoms with van der Waals surface area (Å²) >= 11 is 4.92. The third-order valence-corrected chi connectivity index (χ3v) is 4.22. The molecular weight excluding hydrogens is 382 g/mol. The second-order valence-corrected chi connectivity index (χ2v) is 6.15. The molecule has 130 valence electrons. The van der Waals surface area contributed by atoms with E-state index in [9.17, 15) is 26.5 Å². The molecule has 0 saturated carbocycles. The van der Waals surface area contributed by atoms with E-state index in [1.807, 2.05) is 0 Å². The van der Waals surface area contributed by atoms with Crippen LogP contribution in [0.2, 0.25) is 0 Å². The van der Waals surface area contributed by atoms with E-state index in [0.717, 1.165) is 0 Å². The first-order chi connectivity index (χ1) is 11.3. The predicted octanol–water partition coefficient (Wildman–Crippen LogP) is 5.26. The zero-order chi connectivity index (χ0) is 17.9. The van der Waals surface area contributed by atoms with Gasteiger partial charge in [0, 0.05) is 0 Å². The Kier molecular flexibility index (Phi) is 5.82. The van der Waals surface area contributed by atoms with Crippen molar-refractivity contribution in [3.8, 4) is 5.75 Å². The summed E-state index contributed by atoms with van der Waals surface area (Å²) in [4.78, 5) is 0. The van der Waals surface area contributed by atoms with Crippen molar-refractivity contribution in [3.05, 3.63) is 65.0 Å². The van der Waals surface area contributed by atoms with Crippen LogP contribution in [0, 0.1) is 29.1 Å². The average molecular weight is 389 g/mol. The van der Waals surface area contributed by atoms with E-state index >= 15 is 0 Å². The van der Waals surface area contributed by atoms with Crippen LogP contribution >= 0.6 is 19.7 Å². The third kappa shape index (κ3) is 3.87. The molecule has 0 amide bonds. The maximum absolute atomic E-state index is 13.5. The molecule has 2 aromatic rings. The highest BCUT2D eigenvalue weighted by Gasteiger charge is 2.36. The van der Waals surface area contributed by atoms with Gasteiger partial charge >= 0.3 is 7.82 Å². The van der Waals surface area contributed by atoms with E-state index in [-0.39, 0.29) is 0 Å². The van der Waals surface area contributed by atoms with Crippen LogP contribution in [-0.2, 0) is 19.8 Å². The summed E-state index contributed by atoms with van der Waals surface area (Å²) < 4.78 is 91.0. The minimum atomic E-state index is -4.87. The summed E-state index contributed by atoms with van der Waals surface area (Å²) in [6, 6.07) is 7.96. The lowest BCUT2D eigenvalue weighted by molar-refractivity contribution is 0.198. The first-order valence-corrected chi connectivity index (χ1v) is 7.86. The molecule has 11 heteroatoms. The molecular formula is C13H7ClF5O4P. The van der Waals surface area contributed by atoms with E-state index in [1.165, 1.54) is 12.1 Å². The lowest BCUT2D eigenvalue weighted by atomic mass is 10.2. The number of phosphoric ester groups is 1. The van der Waals surface area contributed by atoms with Gasteiger partial charge in [-0.2, -0.15) is 12.9 Å². The standard InChI is InChI=1S/C13H7ClF5O4P/c14-23-24(20,21-6-7-4-2-1-3-5-7)22-13-11(18)9(16)8(15)10(17)12(13)19/h1-5H,6H2. The zero-order valence-corrected chi connectivity index (χ0v) is 13.1. The molecule has 4 nitrogen and oxygen atoms in total. The van der Waals surface area contributed by atoms with E-state index in [1.54, 1.807) is 18.2 Å². The van der Waals surface area contributed by atoms with Crippen LogP contribution in [0.25, 0.3) is 0 Å². The quantitative estimate of drug-likeness (QED) is 0.293. The van der Waals surface area contributed by atoms with Crippen molar-refractivity contribution < 1.29 is 39.6 Å². The Bertz CT molecular complexity index is 761. The number of benzene rings is 2. The number of halogens is 6. The number of hydrogen-bond acceptors (Lipinski definition) is 4. The highest BCUT2D eigenvalue weighted by atomic mass is 35.5. The predicted molar refractivity (Wildman–Crippen MR) is 72.6 cm³/mol. The molecule has 0 heterocycles. The van der Waals surface area contributed by atoms with E-state index in [0.29, 0.717) is 5.56 Å². The zero-order valence-electron chi connectivity index (χ0n) is 11.4. The second-order valence-electron chi connectivity index (χ2n) is 4.27. The van der Waals surface area contributed by atoms with E-state index in [4.69, 9.17) is 16.4 Å². The van der Waals surface area contributed by atoms with Crippen LogP contribution in [0.4, 0.5) is 22.0 Å². The van der Waals surface area contributed by atoms with Crippen molar-refractivity contribution in [2.45, 2.75) is 6.61 Å². The first-order valence-electron chi connectivity index (χ1n) is 6.09. The van der Waals surface area contributed by atoms with Crippen molar-refractivity contribution in [2.24, 2.45) is 0 Å². The van der Waals surface area contributed by atoms with Crippen LogP contribution in [0.1, 0.15) is 5.56 Å². The smallest absolute Gasteiger partial charge is 0.397 e. The summed E-state index contributed by atoms with van der Waals surface area (Å²) in [5, 5.41) is 0. The minimum Gasteiger partial charge on any atom is -0.397 e. The second kappa shape index (κ2) is 7.48. The molecule has 0 aromatic heterocycles. The molecule has 2 rings (SSSR count). The topological polar surface area (TPSA) is 44.8 Å². The minimum absolute atomic E-state index is 0.430. The lowest BCUT2D eigenvalue weighted by Crippen LogP contribution is -2.07. The molecule has 0 N–H and O–H groups in total. The van der Waals surface area contributed by atoms with Gasteiger partial charge in [-0.1, -0.05) is 30.3 Å². The molecule has 0 aliphatic rings. The summed E-state index contributed by atoms with van der Waals surface area (Å²) in [7, 11) is -4.87. The molecule has 0 fully saturated rings. The van der Waals surface area contributed by atoms with Gasteiger partial charge in [0.2, 0.25) is 34.8 Å². The summed E-state index contributed by atoms with van der Waals surface area (Å²) in [5.74, 6) is -13.5. The molecule has 0 spiro atoms. The number of phosphoric acid groups is 1. The highest BCUT2D eigenvalue weighted by Crippen LogP contribution is 2.52. The first kappa shape index (κ1) is 18.7.